The molecule has 2 nitrogen and oxygen atoms in total. The van der Waals surface area contributed by atoms with Crippen LogP contribution in [0.25, 0.3) is 16.2 Å². The van der Waals surface area contributed by atoms with Crippen LogP contribution < -0.4 is 0 Å². The number of aryl methyl sites for hydroxylation is 1. The first kappa shape index (κ1) is 11.4. The highest BCUT2D eigenvalue weighted by atomic mass is 79.9. The van der Waals surface area contributed by atoms with E-state index in [0.717, 1.165) is 20.3 Å². The summed E-state index contributed by atoms with van der Waals surface area (Å²) in [5.74, 6) is 0. The molecule has 0 saturated heterocycles. The Morgan fingerprint density at radius 1 is 1.18 bits per heavy atom. The molecule has 0 aromatic carbocycles. The van der Waals surface area contributed by atoms with Crippen LogP contribution >= 0.6 is 43.2 Å². The Kier molecular flexibility index (Phi) is 2.84. The van der Waals surface area contributed by atoms with Crippen LogP contribution in [-0.4, -0.2) is 9.38 Å². The van der Waals surface area contributed by atoms with Crippen molar-refractivity contribution in [2.75, 3.05) is 0 Å². The van der Waals surface area contributed by atoms with Crippen LogP contribution in [0.15, 0.2) is 38.9 Å². The molecule has 0 aliphatic heterocycles. The molecule has 0 spiro atoms. The lowest BCUT2D eigenvalue weighted by Gasteiger charge is -1.97. The second-order valence-corrected chi connectivity index (χ2v) is 6.57. The summed E-state index contributed by atoms with van der Waals surface area (Å²) in [6.07, 6.45) is 4.09. The van der Waals surface area contributed by atoms with Crippen LogP contribution in [0, 0.1) is 6.92 Å². The van der Waals surface area contributed by atoms with E-state index in [0.29, 0.717) is 0 Å². The molecule has 0 bridgehead atoms. The zero-order valence-electron chi connectivity index (χ0n) is 8.95. The molecule has 3 heterocycles. The Balaban J connectivity index is 2.23. The Bertz CT molecular complexity index is 700. The van der Waals surface area contributed by atoms with Crippen molar-refractivity contribution in [2.24, 2.45) is 0 Å². The minimum Gasteiger partial charge on any atom is -0.305 e. The highest BCUT2D eigenvalue weighted by molar-refractivity contribution is 9.10. The molecular formula is C12H8Br2N2S. The number of rotatable bonds is 1. The van der Waals surface area contributed by atoms with E-state index < -0.39 is 0 Å². The Labute approximate surface area is 120 Å². The first-order chi connectivity index (χ1) is 8.13. The summed E-state index contributed by atoms with van der Waals surface area (Å²) in [4.78, 5) is 5.85. The van der Waals surface area contributed by atoms with Gasteiger partial charge in [-0.05, 0) is 56.5 Å². The molecule has 3 aromatic heterocycles. The van der Waals surface area contributed by atoms with Gasteiger partial charge in [-0.1, -0.05) is 0 Å². The third kappa shape index (κ3) is 2.07. The number of halogens is 2. The maximum Gasteiger partial charge on any atom is 0.140 e. The lowest BCUT2D eigenvalue weighted by Crippen LogP contribution is -1.86. The predicted molar refractivity (Wildman–Crippen MR) is 78.6 cm³/mol. The van der Waals surface area contributed by atoms with Crippen molar-refractivity contribution < 1.29 is 0 Å². The number of fused-ring (bicyclic) bond motifs is 1. The molecular weight excluding hydrogens is 364 g/mol. The number of nitrogens with zero attached hydrogens (tertiary/aromatic N) is 2. The van der Waals surface area contributed by atoms with Crippen molar-refractivity contribution in [3.63, 3.8) is 0 Å². The number of hydrogen-bond donors (Lipinski definition) is 0. The van der Waals surface area contributed by atoms with Crippen molar-refractivity contribution in [1.82, 2.24) is 9.38 Å². The number of pyridine rings is 1. The van der Waals surface area contributed by atoms with E-state index in [1.165, 1.54) is 10.4 Å². The maximum absolute atomic E-state index is 4.67. The molecule has 17 heavy (non-hydrogen) atoms. The number of thiophene rings is 1. The third-order valence-corrected chi connectivity index (χ3v) is 4.67. The van der Waals surface area contributed by atoms with Gasteiger partial charge in [-0.3, -0.25) is 0 Å². The van der Waals surface area contributed by atoms with Crippen molar-refractivity contribution in [3.05, 3.63) is 44.4 Å². The highest BCUT2D eigenvalue weighted by Gasteiger charge is 2.08. The van der Waals surface area contributed by atoms with Gasteiger partial charge in [0.05, 0.1) is 10.6 Å². The van der Waals surface area contributed by atoms with Crippen LogP contribution in [0.1, 0.15) is 5.56 Å². The first-order valence-corrected chi connectivity index (χ1v) is 7.49. The average molecular weight is 372 g/mol. The van der Waals surface area contributed by atoms with E-state index in [9.17, 15) is 0 Å². The van der Waals surface area contributed by atoms with Gasteiger partial charge >= 0.3 is 0 Å². The van der Waals surface area contributed by atoms with Crippen molar-refractivity contribution in [3.8, 4) is 10.6 Å². The molecule has 0 N–H and O–H groups in total. The van der Waals surface area contributed by atoms with Gasteiger partial charge in [0.2, 0.25) is 0 Å². The fourth-order valence-electron chi connectivity index (χ4n) is 1.79. The molecule has 3 aromatic rings. The third-order valence-electron chi connectivity index (χ3n) is 2.52. The molecule has 5 heteroatoms. The lowest BCUT2D eigenvalue weighted by atomic mass is 10.3. The lowest BCUT2D eigenvalue weighted by molar-refractivity contribution is 1.15. The molecule has 0 saturated carbocycles. The molecule has 3 rings (SSSR count). The van der Waals surface area contributed by atoms with Crippen molar-refractivity contribution in [2.45, 2.75) is 6.92 Å². The van der Waals surface area contributed by atoms with Gasteiger partial charge in [0.1, 0.15) is 5.65 Å². The zero-order valence-corrected chi connectivity index (χ0v) is 12.9. The van der Waals surface area contributed by atoms with E-state index in [4.69, 9.17) is 0 Å². The quantitative estimate of drug-likeness (QED) is 0.594. The summed E-state index contributed by atoms with van der Waals surface area (Å²) in [6.45, 7) is 2.07. The van der Waals surface area contributed by atoms with Gasteiger partial charge in [0.25, 0.3) is 0 Å². The first-order valence-electron chi connectivity index (χ1n) is 5.03. The Morgan fingerprint density at radius 2 is 2.00 bits per heavy atom. The van der Waals surface area contributed by atoms with Crippen LogP contribution in [0.2, 0.25) is 0 Å². The molecule has 0 unspecified atom stereocenters. The fourth-order valence-corrected chi connectivity index (χ4v) is 3.74. The minimum atomic E-state index is 1.01. The van der Waals surface area contributed by atoms with Crippen LogP contribution in [0.4, 0.5) is 0 Å². The summed E-state index contributed by atoms with van der Waals surface area (Å²) in [6, 6.07) is 4.17. The van der Waals surface area contributed by atoms with Gasteiger partial charge in [0, 0.05) is 26.7 Å². The van der Waals surface area contributed by atoms with Gasteiger partial charge in [-0.15, -0.1) is 11.3 Å². The molecule has 86 valence electrons. The molecule has 0 aliphatic rings. The van der Waals surface area contributed by atoms with E-state index in [2.05, 4.69) is 71.9 Å². The number of imidazole rings is 1. The van der Waals surface area contributed by atoms with E-state index in [1.54, 1.807) is 11.3 Å². The molecule has 0 aliphatic carbocycles. The van der Waals surface area contributed by atoms with E-state index in [1.807, 2.05) is 6.20 Å². The number of hydrogen-bond acceptors (Lipinski definition) is 2. The highest BCUT2D eigenvalue weighted by Crippen LogP contribution is 2.30. The van der Waals surface area contributed by atoms with Crippen LogP contribution in [0.5, 0.6) is 0 Å². The monoisotopic (exact) mass is 370 g/mol. The van der Waals surface area contributed by atoms with Gasteiger partial charge in [-0.25, -0.2) is 4.98 Å². The smallest absolute Gasteiger partial charge is 0.140 e. The van der Waals surface area contributed by atoms with Gasteiger partial charge in [-0.2, -0.15) is 0 Å². The second kappa shape index (κ2) is 4.23. The van der Waals surface area contributed by atoms with Crippen molar-refractivity contribution in [1.29, 1.82) is 0 Å². The normalized spacial score (nSPS) is 11.2. The predicted octanol–water partition coefficient (Wildman–Crippen LogP) is 4.90. The summed E-state index contributed by atoms with van der Waals surface area (Å²) in [5.41, 5.74) is 3.19. The Morgan fingerprint density at radius 3 is 2.71 bits per heavy atom. The standard InChI is InChI=1S/C12H8Br2N2S/c1-7-2-8(13)4-16-5-10(15-12(7)16)11-3-9(14)6-17-11/h2-6H,1H3. The van der Waals surface area contributed by atoms with Gasteiger partial charge < -0.3 is 4.40 Å². The fraction of sp³-hybridized carbons (Fsp3) is 0.0833. The van der Waals surface area contributed by atoms with Crippen LogP contribution in [-0.2, 0) is 0 Å². The summed E-state index contributed by atoms with van der Waals surface area (Å²) < 4.78 is 4.23. The Hall–Kier alpha value is -0.650. The number of aromatic nitrogens is 2. The molecule has 0 atom stereocenters. The SMILES string of the molecule is Cc1cc(Br)cn2cc(-c3cc(Br)cs3)nc12. The topological polar surface area (TPSA) is 17.3 Å². The van der Waals surface area contributed by atoms with E-state index >= 15 is 0 Å². The summed E-state index contributed by atoms with van der Waals surface area (Å²) in [7, 11) is 0. The van der Waals surface area contributed by atoms with E-state index in [-0.39, 0.29) is 0 Å². The largest absolute Gasteiger partial charge is 0.305 e. The summed E-state index contributed by atoms with van der Waals surface area (Å²) in [5, 5.41) is 2.07. The summed E-state index contributed by atoms with van der Waals surface area (Å²) >= 11 is 8.66. The second-order valence-electron chi connectivity index (χ2n) is 3.83. The minimum absolute atomic E-state index is 1.01. The molecule has 0 radical (unpaired) electrons. The van der Waals surface area contributed by atoms with Gasteiger partial charge in [0.15, 0.2) is 0 Å². The maximum atomic E-state index is 4.67. The van der Waals surface area contributed by atoms with Crippen LogP contribution in [0.3, 0.4) is 0 Å². The molecule has 0 amide bonds. The van der Waals surface area contributed by atoms with Crippen molar-refractivity contribution >= 4 is 48.8 Å². The average Bonchev–Trinajstić information content (AvgIpc) is 2.83. The molecule has 0 fully saturated rings. The zero-order chi connectivity index (χ0) is 12.0.